The molecule has 0 saturated heterocycles. The van der Waals surface area contributed by atoms with Gasteiger partial charge in [0.2, 0.25) is 5.75 Å². The SMILES string of the molecule is CC(C)ONC(=O)c1ccc(OC(F)(F)C(F)F)c([N+](=O)[O-])c1. The average Bonchev–Trinajstić information content (AvgIpc) is 2.44. The Balaban J connectivity index is 3.08. The van der Waals surface area contributed by atoms with E-state index in [1.54, 1.807) is 13.8 Å². The second-order valence-electron chi connectivity index (χ2n) is 4.50. The molecular weight excluding hydrogens is 328 g/mol. The molecule has 1 rings (SSSR count). The van der Waals surface area contributed by atoms with Gasteiger partial charge in [0.25, 0.3) is 5.91 Å². The first-order valence-corrected chi connectivity index (χ1v) is 6.14. The number of hydrogen-bond donors (Lipinski definition) is 1. The number of nitrogens with zero attached hydrogens (tertiary/aromatic N) is 1. The van der Waals surface area contributed by atoms with Crippen LogP contribution >= 0.6 is 0 Å². The molecule has 0 fully saturated rings. The number of hydrogen-bond acceptors (Lipinski definition) is 5. The number of amides is 1. The summed E-state index contributed by atoms with van der Waals surface area (Å²) in [6.45, 7) is 3.21. The summed E-state index contributed by atoms with van der Waals surface area (Å²) in [6, 6.07) is 2.12. The zero-order valence-electron chi connectivity index (χ0n) is 11.9. The molecule has 1 amide bonds. The number of nitro groups is 1. The van der Waals surface area contributed by atoms with Gasteiger partial charge in [0, 0.05) is 11.6 Å². The Bertz CT molecular complexity index is 595. The fourth-order valence-electron chi connectivity index (χ4n) is 1.31. The molecule has 0 spiro atoms. The van der Waals surface area contributed by atoms with Gasteiger partial charge in [0.15, 0.2) is 0 Å². The van der Waals surface area contributed by atoms with E-state index in [0.717, 1.165) is 6.07 Å². The molecule has 0 atom stereocenters. The smallest absolute Gasteiger partial charge is 0.421 e. The first-order valence-electron chi connectivity index (χ1n) is 6.14. The van der Waals surface area contributed by atoms with E-state index in [0.29, 0.717) is 12.1 Å². The molecule has 7 nitrogen and oxygen atoms in total. The summed E-state index contributed by atoms with van der Waals surface area (Å²) in [5.74, 6) is -1.98. The molecule has 0 aliphatic carbocycles. The molecular formula is C12H12F4N2O5. The van der Waals surface area contributed by atoms with Crippen molar-refractivity contribution in [2.75, 3.05) is 0 Å². The Morgan fingerprint density at radius 1 is 1.35 bits per heavy atom. The van der Waals surface area contributed by atoms with Crippen LogP contribution in [0.4, 0.5) is 23.2 Å². The van der Waals surface area contributed by atoms with E-state index >= 15 is 0 Å². The summed E-state index contributed by atoms with van der Waals surface area (Å²) in [5.41, 5.74) is 0.612. The van der Waals surface area contributed by atoms with Crippen LogP contribution in [-0.2, 0) is 4.84 Å². The predicted molar refractivity (Wildman–Crippen MR) is 68.4 cm³/mol. The lowest BCUT2D eigenvalue weighted by atomic mass is 10.2. The third-order valence-corrected chi connectivity index (χ3v) is 2.31. The highest BCUT2D eigenvalue weighted by Gasteiger charge is 2.45. The number of nitro benzene ring substituents is 1. The Labute approximate surface area is 127 Å². The number of benzene rings is 1. The van der Waals surface area contributed by atoms with E-state index in [1.807, 2.05) is 5.48 Å². The quantitative estimate of drug-likeness (QED) is 0.468. The predicted octanol–water partition coefficient (Wildman–Crippen LogP) is 2.90. The molecule has 1 N–H and O–H groups in total. The summed E-state index contributed by atoms with van der Waals surface area (Å²) in [6.07, 6.45) is -9.46. The molecule has 1 aromatic rings. The number of rotatable bonds is 7. The Kier molecular flexibility index (Phi) is 5.85. The van der Waals surface area contributed by atoms with Gasteiger partial charge in [-0.25, -0.2) is 5.48 Å². The highest BCUT2D eigenvalue weighted by molar-refractivity contribution is 5.94. The molecule has 0 aromatic heterocycles. The zero-order valence-corrected chi connectivity index (χ0v) is 11.9. The van der Waals surface area contributed by atoms with Crippen molar-refractivity contribution >= 4 is 11.6 Å². The second-order valence-corrected chi connectivity index (χ2v) is 4.50. The fourth-order valence-corrected chi connectivity index (χ4v) is 1.31. The summed E-state index contributed by atoms with van der Waals surface area (Å²) in [7, 11) is 0. The number of halogens is 4. The van der Waals surface area contributed by atoms with Crippen LogP contribution in [0.15, 0.2) is 18.2 Å². The van der Waals surface area contributed by atoms with Crippen LogP contribution in [0.2, 0.25) is 0 Å². The van der Waals surface area contributed by atoms with E-state index in [4.69, 9.17) is 4.84 Å². The molecule has 0 radical (unpaired) electrons. The van der Waals surface area contributed by atoms with Gasteiger partial charge in [-0.1, -0.05) is 0 Å². The lowest BCUT2D eigenvalue weighted by Crippen LogP contribution is -2.33. The molecule has 0 heterocycles. The topological polar surface area (TPSA) is 90.7 Å². The zero-order chi connectivity index (χ0) is 17.8. The van der Waals surface area contributed by atoms with Crippen molar-refractivity contribution in [2.45, 2.75) is 32.5 Å². The Morgan fingerprint density at radius 3 is 2.43 bits per heavy atom. The van der Waals surface area contributed by atoms with Crippen molar-refractivity contribution < 1.29 is 36.9 Å². The molecule has 1 aromatic carbocycles. The molecule has 128 valence electrons. The summed E-state index contributed by atoms with van der Waals surface area (Å²) < 4.78 is 53.6. The van der Waals surface area contributed by atoms with Crippen molar-refractivity contribution in [2.24, 2.45) is 0 Å². The largest absolute Gasteiger partial charge is 0.461 e. The van der Waals surface area contributed by atoms with E-state index in [9.17, 15) is 32.5 Å². The third kappa shape index (κ3) is 5.06. The maximum Gasteiger partial charge on any atom is 0.461 e. The Morgan fingerprint density at radius 2 is 1.96 bits per heavy atom. The molecule has 0 aliphatic rings. The van der Waals surface area contributed by atoms with Crippen molar-refractivity contribution in [1.29, 1.82) is 0 Å². The lowest BCUT2D eigenvalue weighted by Gasteiger charge is -2.17. The standard InChI is InChI=1S/C12H12F4N2O5/c1-6(2)23-17-10(19)7-3-4-9(8(5-7)18(20)21)22-12(15,16)11(13)14/h3-6,11H,1-2H3,(H,17,19). The molecule has 0 saturated carbocycles. The number of ether oxygens (including phenoxy) is 1. The minimum atomic E-state index is -4.91. The maximum absolute atomic E-state index is 12.9. The summed E-state index contributed by atoms with van der Waals surface area (Å²) in [4.78, 5) is 26.1. The molecule has 0 bridgehead atoms. The van der Waals surface area contributed by atoms with Crippen LogP contribution in [0.25, 0.3) is 0 Å². The summed E-state index contributed by atoms with van der Waals surface area (Å²) >= 11 is 0. The van der Waals surface area contributed by atoms with Crippen LogP contribution in [0.5, 0.6) is 5.75 Å². The molecule has 0 aliphatic heterocycles. The first kappa shape index (κ1) is 18.6. The average molecular weight is 340 g/mol. The number of nitrogens with one attached hydrogen (secondary N) is 1. The van der Waals surface area contributed by atoms with Gasteiger partial charge in [-0.3, -0.25) is 19.7 Å². The van der Waals surface area contributed by atoms with E-state index in [1.165, 1.54) is 0 Å². The van der Waals surface area contributed by atoms with Crippen molar-refractivity contribution in [3.8, 4) is 5.75 Å². The van der Waals surface area contributed by atoms with Crippen LogP contribution in [0.1, 0.15) is 24.2 Å². The number of carbonyl (C=O) groups excluding carboxylic acids is 1. The number of carbonyl (C=O) groups is 1. The van der Waals surface area contributed by atoms with Gasteiger partial charge in [-0.2, -0.15) is 17.6 Å². The second kappa shape index (κ2) is 7.22. The molecule has 11 heteroatoms. The molecule has 23 heavy (non-hydrogen) atoms. The fraction of sp³-hybridized carbons (Fsp3) is 0.417. The highest BCUT2D eigenvalue weighted by atomic mass is 19.3. The van der Waals surface area contributed by atoms with Gasteiger partial charge in [0.05, 0.1) is 11.0 Å². The first-order chi connectivity index (χ1) is 10.5. The van der Waals surface area contributed by atoms with E-state index < -0.39 is 34.8 Å². The van der Waals surface area contributed by atoms with Crippen molar-refractivity contribution in [3.05, 3.63) is 33.9 Å². The summed E-state index contributed by atoms with van der Waals surface area (Å²) in [5, 5.41) is 10.8. The van der Waals surface area contributed by atoms with Gasteiger partial charge >= 0.3 is 18.2 Å². The van der Waals surface area contributed by atoms with E-state index in [2.05, 4.69) is 4.74 Å². The minimum Gasteiger partial charge on any atom is -0.421 e. The normalized spacial score (nSPS) is 11.7. The number of alkyl halides is 4. The van der Waals surface area contributed by atoms with Crippen LogP contribution in [0.3, 0.4) is 0 Å². The third-order valence-electron chi connectivity index (χ3n) is 2.31. The van der Waals surface area contributed by atoms with Gasteiger partial charge < -0.3 is 4.74 Å². The van der Waals surface area contributed by atoms with Gasteiger partial charge in [0.1, 0.15) is 0 Å². The van der Waals surface area contributed by atoms with Gasteiger partial charge in [-0.15, -0.1) is 0 Å². The van der Waals surface area contributed by atoms with Crippen LogP contribution < -0.4 is 10.2 Å². The maximum atomic E-state index is 12.9. The lowest BCUT2D eigenvalue weighted by molar-refractivity contribution is -0.387. The monoisotopic (exact) mass is 340 g/mol. The highest BCUT2D eigenvalue weighted by Crippen LogP contribution is 2.34. The van der Waals surface area contributed by atoms with Crippen LogP contribution in [0, 0.1) is 10.1 Å². The Hall–Kier alpha value is -2.43. The number of hydroxylamine groups is 1. The minimum absolute atomic E-state index is 0.301. The van der Waals surface area contributed by atoms with Gasteiger partial charge in [-0.05, 0) is 26.0 Å². The van der Waals surface area contributed by atoms with Crippen molar-refractivity contribution in [1.82, 2.24) is 5.48 Å². The van der Waals surface area contributed by atoms with Crippen LogP contribution in [-0.4, -0.2) is 29.5 Å². The molecule has 0 unspecified atom stereocenters. The van der Waals surface area contributed by atoms with Crippen molar-refractivity contribution in [3.63, 3.8) is 0 Å². The van der Waals surface area contributed by atoms with E-state index in [-0.39, 0.29) is 11.7 Å².